The summed E-state index contributed by atoms with van der Waals surface area (Å²) in [6, 6.07) is 1.45. The Morgan fingerprint density at radius 3 is 2.24 bits per heavy atom. The van der Waals surface area contributed by atoms with Crippen molar-refractivity contribution in [3.63, 3.8) is 0 Å². The van der Waals surface area contributed by atoms with Crippen LogP contribution >= 0.6 is 0 Å². The van der Waals surface area contributed by atoms with Crippen LogP contribution in [0.4, 0.5) is 0 Å². The highest BCUT2D eigenvalue weighted by Crippen LogP contribution is 2.26. The van der Waals surface area contributed by atoms with Gasteiger partial charge in [0.15, 0.2) is 0 Å². The summed E-state index contributed by atoms with van der Waals surface area (Å²) < 4.78 is 0. The first-order valence-electron chi connectivity index (χ1n) is 7.42. The molecule has 0 aromatic rings. The van der Waals surface area contributed by atoms with Crippen LogP contribution in [-0.2, 0) is 0 Å². The van der Waals surface area contributed by atoms with Crippen LogP contribution in [0.2, 0.25) is 0 Å². The Kier molecular flexibility index (Phi) is 6.50. The molecule has 0 amide bonds. The SMILES string of the molecule is CC1CCC(N(C)CC(C)CNC(C)C)CC1. The van der Waals surface area contributed by atoms with Gasteiger partial charge in [-0.15, -0.1) is 0 Å². The number of hydrogen-bond acceptors (Lipinski definition) is 2. The molecule has 1 aliphatic rings. The summed E-state index contributed by atoms with van der Waals surface area (Å²) in [4.78, 5) is 2.60. The Morgan fingerprint density at radius 1 is 1.12 bits per heavy atom. The Hall–Kier alpha value is -0.0800. The molecule has 1 aliphatic carbocycles. The van der Waals surface area contributed by atoms with Crippen molar-refractivity contribution in [1.82, 2.24) is 10.2 Å². The van der Waals surface area contributed by atoms with Gasteiger partial charge in [0.05, 0.1) is 0 Å². The van der Waals surface area contributed by atoms with E-state index in [2.05, 4.69) is 45.0 Å². The molecule has 0 spiro atoms. The highest BCUT2D eigenvalue weighted by atomic mass is 15.1. The van der Waals surface area contributed by atoms with Gasteiger partial charge >= 0.3 is 0 Å². The smallest absolute Gasteiger partial charge is 0.00925 e. The average molecular weight is 240 g/mol. The Bertz CT molecular complexity index is 195. The molecule has 1 saturated carbocycles. The molecule has 0 bridgehead atoms. The van der Waals surface area contributed by atoms with E-state index in [0.717, 1.165) is 24.4 Å². The fraction of sp³-hybridized carbons (Fsp3) is 1.00. The summed E-state index contributed by atoms with van der Waals surface area (Å²) in [7, 11) is 2.31. The standard InChI is InChI=1S/C15H32N2/c1-12(2)16-10-14(4)11-17(5)15-8-6-13(3)7-9-15/h12-16H,6-11H2,1-5H3. The first-order chi connectivity index (χ1) is 7.99. The van der Waals surface area contributed by atoms with Crippen molar-refractivity contribution in [2.75, 3.05) is 20.1 Å². The normalized spacial score (nSPS) is 27.7. The number of nitrogens with zero attached hydrogens (tertiary/aromatic N) is 1. The second kappa shape index (κ2) is 7.38. The average Bonchev–Trinajstić information content (AvgIpc) is 2.27. The molecule has 2 heteroatoms. The lowest BCUT2D eigenvalue weighted by atomic mass is 9.86. The minimum atomic E-state index is 0.610. The van der Waals surface area contributed by atoms with Gasteiger partial charge in [-0.2, -0.15) is 0 Å². The van der Waals surface area contributed by atoms with E-state index in [-0.39, 0.29) is 0 Å². The molecule has 0 heterocycles. The van der Waals surface area contributed by atoms with Gasteiger partial charge in [0.2, 0.25) is 0 Å². The molecule has 0 aliphatic heterocycles. The molecule has 1 fully saturated rings. The molecule has 0 aromatic carbocycles. The second-order valence-electron chi connectivity index (χ2n) is 6.52. The molecule has 2 nitrogen and oxygen atoms in total. The lowest BCUT2D eigenvalue weighted by Crippen LogP contribution is -2.40. The topological polar surface area (TPSA) is 15.3 Å². The predicted octanol–water partition coefficient (Wildman–Crippen LogP) is 3.13. The zero-order valence-electron chi connectivity index (χ0n) is 12.5. The molecular formula is C15H32N2. The Balaban J connectivity index is 2.21. The Morgan fingerprint density at radius 2 is 1.71 bits per heavy atom. The van der Waals surface area contributed by atoms with Crippen LogP contribution < -0.4 is 5.32 Å². The van der Waals surface area contributed by atoms with Crippen molar-refractivity contribution in [2.45, 2.75) is 65.5 Å². The summed E-state index contributed by atoms with van der Waals surface area (Å²) in [5.74, 6) is 1.71. The van der Waals surface area contributed by atoms with Crippen LogP contribution in [0.25, 0.3) is 0 Å². The highest BCUT2D eigenvalue weighted by molar-refractivity contribution is 4.77. The van der Waals surface area contributed by atoms with Crippen LogP contribution in [0.15, 0.2) is 0 Å². The van der Waals surface area contributed by atoms with E-state index in [4.69, 9.17) is 0 Å². The van der Waals surface area contributed by atoms with Gasteiger partial charge in [-0.3, -0.25) is 0 Å². The summed E-state index contributed by atoms with van der Waals surface area (Å²) in [6.07, 6.45) is 5.66. The van der Waals surface area contributed by atoms with Crippen molar-refractivity contribution < 1.29 is 0 Å². The zero-order valence-corrected chi connectivity index (χ0v) is 12.5. The maximum atomic E-state index is 3.53. The second-order valence-corrected chi connectivity index (χ2v) is 6.52. The van der Waals surface area contributed by atoms with E-state index in [1.165, 1.54) is 32.2 Å². The molecule has 102 valence electrons. The first-order valence-corrected chi connectivity index (χ1v) is 7.42. The zero-order chi connectivity index (χ0) is 12.8. The molecule has 0 radical (unpaired) electrons. The fourth-order valence-electron chi connectivity index (χ4n) is 2.83. The molecule has 0 aromatic heterocycles. The molecule has 17 heavy (non-hydrogen) atoms. The molecule has 0 saturated heterocycles. The summed E-state index contributed by atoms with van der Waals surface area (Å²) in [6.45, 7) is 11.6. The number of nitrogens with one attached hydrogen (secondary N) is 1. The number of rotatable bonds is 6. The van der Waals surface area contributed by atoms with Gasteiger partial charge in [0, 0.05) is 18.6 Å². The predicted molar refractivity (Wildman–Crippen MR) is 76.4 cm³/mol. The van der Waals surface area contributed by atoms with Gasteiger partial charge in [-0.05, 0) is 51.1 Å². The van der Waals surface area contributed by atoms with Gasteiger partial charge in [0.25, 0.3) is 0 Å². The third kappa shape index (κ3) is 5.87. The van der Waals surface area contributed by atoms with Gasteiger partial charge in [-0.1, -0.05) is 27.7 Å². The van der Waals surface area contributed by atoms with Crippen molar-refractivity contribution >= 4 is 0 Å². The van der Waals surface area contributed by atoms with Gasteiger partial charge < -0.3 is 10.2 Å². The van der Waals surface area contributed by atoms with E-state index < -0.39 is 0 Å². The van der Waals surface area contributed by atoms with E-state index in [9.17, 15) is 0 Å². The quantitative estimate of drug-likeness (QED) is 0.767. The van der Waals surface area contributed by atoms with Crippen LogP contribution in [0.5, 0.6) is 0 Å². The van der Waals surface area contributed by atoms with Crippen LogP contribution in [-0.4, -0.2) is 37.1 Å². The minimum absolute atomic E-state index is 0.610. The van der Waals surface area contributed by atoms with Gasteiger partial charge in [0.1, 0.15) is 0 Å². The third-order valence-electron chi connectivity index (χ3n) is 4.08. The van der Waals surface area contributed by atoms with Crippen LogP contribution in [0.1, 0.15) is 53.4 Å². The molecular weight excluding hydrogens is 208 g/mol. The lowest BCUT2D eigenvalue weighted by Gasteiger charge is -2.35. The van der Waals surface area contributed by atoms with Crippen LogP contribution in [0, 0.1) is 11.8 Å². The molecule has 1 unspecified atom stereocenters. The third-order valence-corrected chi connectivity index (χ3v) is 4.08. The van der Waals surface area contributed by atoms with Crippen molar-refractivity contribution in [3.05, 3.63) is 0 Å². The van der Waals surface area contributed by atoms with E-state index in [1.807, 2.05) is 0 Å². The summed E-state index contributed by atoms with van der Waals surface area (Å²) >= 11 is 0. The summed E-state index contributed by atoms with van der Waals surface area (Å²) in [5, 5.41) is 3.53. The van der Waals surface area contributed by atoms with E-state index in [0.29, 0.717) is 6.04 Å². The Labute approximate surface area is 108 Å². The van der Waals surface area contributed by atoms with Crippen molar-refractivity contribution in [3.8, 4) is 0 Å². The van der Waals surface area contributed by atoms with Crippen LogP contribution in [0.3, 0.4) is 0 Å². The largest absolute Gasteiger partial charge is 0.314 e. The van der Waals surface area contributed by atoms with Crippen molar-refractivity contribution in [1.29, 1.82) is 0 Å². The molecule has 1 atom stereocenters. The highest BCUT2D eigenvalue weighted by Gasteiger charge is 2.22. The monoisotopic (exact) mass is 240 g/mol. The fourth-order valence-corrected chi connectivity index (χ4v) is 2.83. The lowest BCUT2D eigenvalue weighted by molar-refractivity contribution is 0.151. The van der Waals surface area contributed by atoms with E-state index in [1.54, 1.807) is 0 Å². The van der Waals surface area contributed by atoms with Crippen molar-refractivity contribution in [2.24, 2.45) is 11.8 Å². The minimum Gasteiger partial charge on any atom is -0.314 e. The summed E-state index contributed by atoms with van der Waals surface area (Å²) in [5.41, 5.74) is 0. The maximum absolute atomic E-state index is 3.53. The molecule has 1 N–H and O–H groups in total. The first kappa shape index (κ1) is 15.0. The maximum Gasteiger partial charge on any atom is 0.00925 e. The van der Waals surface area contributed by atoms with Gasteiger partial charge in [-0.25, -0.2) is 0 Å². The molecule has 1 rings (SSSR count). The number of hydrogen-bond donors (Lipinski definition) is 1. The van der Waals surface area contributed by atoms with E-state index >= 15 is 0 Å².